The Balaban J connectivity index is 1.82. The minimum absolute atomic E-state index is 0.0182. The summed E-state index contributed by atoms with van der Waals surface area (Å²) in [6.45, 7) is 0.929. The van der Waals surface area contributed by atoms with Crippen LogP contribution in [0, 0.1) is 17.6 Å². The third-order valence-corrected chi connectivity index (χ3v) is 3.07. The summed E-state index contributed by atoms with van der Waals surface area (Å²) in [4.78, 5) is 13.1. The zero-order chi connectivity index (χ0) is 13.8. The lowest BCUT2D eigenvalue weighted by atomic mass is 10.1. The lowest BCUT2D eigenvalue weighted by Gasteiger charge is -2.16. The number of aliphatic hydroxyl groups excluding tert-OH is 1. The van der Waals surface area contributed by atoms with E-state index in [1.807, 2.05) is 0 Å². The lowest BCUT2D eigenvalue weighted by molar-refractivity contribution is -0.128. The summed E-state index contributed by atoms with van der Waals surface area (Å²) < 4.78 is 31.1. The molecule has 1 N–H and O–H groups in total. The highest BCUT2D eigenvalue weighted by Crippen LogP contribution is 2.19. The van der Waals surface area contributed by atoms with Crippen molar-refractivity contribution in [1.82, 2.24) is 4.90 Å². The number of ether oxygens (including phenoxy) is 1. The highest BCUT2D eigenvalue weighted by molar-refractivity contribution is 5.78. The average Bonchev–Trinajstić information content (AvgIpc) is 2.73. The monoisotopic (exact) mass is 271 g/mol. The third-order valence-electron chi connectivity index (χ3n) is 3.07. The van der Waals surface area contributed by atoms with Crippen LogP contribution in [0.15, 0.2) is 18.2 Å². The fourth-order valence-corrected chi connectivity index (χ4v) is 2.05. The van der Waals surface area contributed by atoms with Crippen molar-refractivity contribution in [1.29, 1.82) is 0 Å². The number of carbonyl (C=O) groups excluding carboxylic acids is 1. The first-order valence-corrected chi connectivity index (χ1v) is 6.06. The first kappa shape index (κ1) is 13.7. The summed E-state index contributed by atoms with van der Waals surface area (Å²) in [5.74, 6) is -1.53. The van der Waals surface area contributed by atoms with Crippen LogP contribution in [0.2, 0.25) is 0 Å². The van der Waals surface area contributed by atoms with Crippen molar-refractivity contribution >= 4 is 5.91 Å². The molecule has 1 atom stereocenters. The minimum Gasteiger partial charge on any atom is -0.489 e. The number of nitrogens with zero attached hydrogens (tertiary/aromatic N) is 1. The highest BCUT2D eigenvalue weighted by Gasteiger charge is 2.28. The van der Waals surface area contributed by atoms with Gasteiger partial charge in [0.15, 0.2) is 11.6 Å². The van der Waals surface area contributed by atoms with Gasteiger partial charge in [-0.25, -0.2) is 8.78 Å². The second-order valence-corrected chi connectivity index (χ2v) is 4.52. The Labute approximate surface area is 109 Å². The Morgan fingerprint density at radius 1 is 1.42 bits per heavy atom. The Bertz CT molecular complexity index is 467. The first-order valence-electron chi connectivity index (χ1n) is 6.06. The molecule has 2 rings (SSSR count). The van der Waals surface area contributed by atoms with Crippen molar-refractivity contribution in [3.63, 3.8) is 0 Å². The number of hydrogen-bond donors (Lipinski definition) is 1. The molecule has 0 radical (unpaired) electrons. The van der Waals surface area contributed by atoms with Gasteiger partial charge in [0.2, 0.25) is 5.91 Å². The van der Waals surface area contributed by atoms with E-state index < -0.39 is 11.6 Å². The molecule has 0 aliphatic carbocycles. The van der Waals surface area contributed by atoms with Crippen LogP contribution >= 0.6 is 0 Å². The molecular weight excluding hydrogens is 256 g/mol. The van der Waals surface area contributed by atoms with Crippen LogP contribution in [0.4, 0.5) is 8.78 Å². The van der Waals surface area contributed by atoms with Crippen LogP contribution in [0.1, 0.15) is 6.42 Å². The van der Waals surface area contributed by atoms with Crippen molar-refractivity contribution in [3.05, 3.63) is 29.8 Å². The predicted octanol–water partition coefficient (Wildman–Crippen LogP) is 1.18. The van der Waals surface area contributed by atoms with Gasteiger partial charge in [-0.05, 0) is 12.1 Å². The van der Waals surface area contributed by atoms with Crippen molar-refractivity contribution in [2.45, 2.75) is 6.42 Å². The highest BCUT2D eigenvalue weighted by atomic mass is 19.1. The molecule has 1 amide bonds. The summed E-state index contributed by atoms with van der Waals surface area (Å²) in [6.07, 6.45) is 0.335. The molecule has 0 spiro atoms. The van der Waals surface area contributed by atoms with Crippen molar-refractivity contribution in [3.8, 4) is 5.75 Å². The Morgan fingerprint density at radius 3 is 2.84 bits per heavy atom. The maximum absolute atomic E-state index is 13.3. The molecule has 6 heteroatoms. The van der Waals surface area contributed by atoms with E-state index in [0.29, 0.717) is 19.5 Å². The maximum Gasteiger partial charge on any atom is 0.223 e. The summed E-state index contributed by atoms with van der Waals surface area (Å²) >= 11 is 0. The molecule has 1 aliphatic heterocycles. The zero-order valence-electron chi connectivity index (χ0n) is 10.3. The van der Waals surface area contributed by atoms with E-state index in [1.165, 1.54) is 6.07 Å². The third kappa shape index (κ3) is 3.41. The molecule has 4 nitrogen and oxygen atoms in total. The smallest absolute Gasteiger partial charge is 0.223 e. The number of rotatable bonds is 5. The normalized spacial score (nSPS) is 19.0. The van der Waals surface area contributed by atoms with Crippen molar-refractivity contribution in [2.75, 3.05) is 26.3 Å². The van der Waals surface area contributed by atoms with E-state index in [-0.39, 0.29) is 30.8 Å². The van der Waals surface area contributed by atoms with Crippen LogP contribution in [0.25, 0.3) is 0 Å². The van der Waals surface area contributed by atoms with E-state index in [9.17, 15) is 13.6 Å². The fraction of sp³-hybridized carbons (Fsp3) is 0.462. The molecule has 0 saturated carbocycles. The standard InChI is InChI=1S/C13H15F2NO3/c14-10-1-2-12(11(15)6-10)19-4-3-16-7-9(8-17)5-13(16)18/h1-2,6,9,17H,3-5,7-8H2. The predicted molar refractivity (Wildman–Crippen MR) is 63.6 cm³/mol. The Hall–Kier alpha value is -1.69. The maximum atomic E-state index is 13.3. The van der Waals surface area contributed by atoms with Gasteiger partial charge in [-0.15, -0.1) is 0 Å². The Kier molecular flexibility index (Phi) is 4.31. The van der Waals surface area contributed by atoms with Crippen LogP contribution in [0.3, 0.4) is 0 Å². The number of halogens is 2. The number of likely N-dealkylation sites (tertiary alicyclic amines) is 1. The largest absolute Gasteiger partial charge is 0.489 e. The van der Waals surface area contributed by atoms with Gasteiger partial charge >= 0.3 is 0 Å². The topological polar surface area (TPSA) is 49.8 Å². The number of carbonyl (C=O) groups is 1. The molecule has 19 heavy (non-hydrogen) atoms. The molecule has 1 aliphatic rings. The lowest BCUT2D eigenvalue weighted by Crippen LogP contribution is -2.30. The van der Waals surface area contributed by atoms with Crippen LogP contribution in [-0.2, 0) is 4.79 Å². The second-order valence-electron chi connectivity index (χ2n) is 4.52. The summed E-state index contributed by atoms with van der Waals surface area (Å²) in [5, 5.41) is 8.97. The van der Waals surface area contributed by atoms with Gasteiger partial charge < -0.3 is 14.7 Å². The fourth-order valence-electron chi connectivity index (χ4n) is 2.05. The number of hydrogen-bond acceptors (Lipinski definition) is 3. The van der Waals surface area contributed by atoms with Gasteiger partial charge in [0.05, 0.1) is 6.54 Å². The van der Waals surface area contributed by atoms with Crippen LogP contribution < -0.4 is 4.74 Å². The molecule has 1 fully saturated rings. The number of aliphatic hydroxyl groups is 1. The molecular formula is C13H15F2NO3. The SMILES string of the molecule is O=C1CC(CO)CN1CCOc1ccc(F)cc1F. The van der Waals surface area contributed by atoms with Crippen molar-refractivity contribution in [2.24, 2.45) is 5.92 Å². The quantitative estimate of drug-likeness (QED) is 0.875. The molecule has 0 bridgehead atoms. The minimum atomic E-state index is -0.763. The molecule has 1 heterocycles. The summed E-state index contributed by atoms with van der Waals surface area (Å²) in [6, 6.07) is 3.08. The first-order chi connectivity index (χ1) is 9.10. The van der Waals surface area contributed by atoms with Crippen LogP contribution in [-0.4, -0.2) is 42.2 Å². The molecule has 0 aromatic heterocycles. The molecule has 104 valence electrons. The van der Waals surface area contributed by atoms with Gasteiger partial charge in [-0.1, -0.05) is 0 Å². The molecule has 1 aromatic rings. The van der Waals surface area contributed by atoms with Gasteiger partial charge in [-0.3, -0.25) is 4.79 Å². The Morgan fingerprint density at radius 2 is 2.21 bits per heavy atom. The van der Waals surface area contributed by atoms with E-state index in [2.05, 4.69) is 0 Å². The van der Waals surface area contributed by atoms with E-state index in [1.54, 1.807) is 4.90 Å². The number of amides is 1. The van der Waals surface area contributed by atoms with E-state index in [0.717, 1.165) is 12.1 Å². The van der Waals surface area contributed by atoms with Gasteiger partial charge in [0, 0.05) is 31.6 Å². The average molecular weight is 271 g/mol. The van der Waals surface area contributed by atoms with Gasteiger partial charge in [0.1, 0.15) is 12.4 Å². The molecule has 1 aromatic carbocycles. The van der Waals surface area contributed by atoms with Gasteiger partial charge in [-0.2, -0.15) is 0 Å². The summed E-state index contributed by atoms with van der Waals surface area (Å²) in [7, 11) is 0. The number of benzene rings is 1. The zero-order valence-corrected chi connectivity index (χ0v) is 10.3. The van der Waals surface area contributed by atoms with E-state index >= 15 is 0 Å². The molecule has 1 saturated heterocycles. The van der Waals surface area contributed by atoms with Gasteiger partial charge in [0.25, 0.3) is 0 Å². The molecule has 1 unspecified atom stereocenters. The summed E-state index contributed by atoms with van der Waals surface area (Å²) in [5.41, 5.74) is 0. The van der Waals surface area contributed by atoms with Crippen molar-refractivity contribution < 1.29 is 23.4 Å². The van der Waals surface area contributed by atoms with E-state index in [4.69, 9.17) is 9.84 Å². The van der Waals surface area contributed by atoms with Crippen LogP contribution in [0.5, 0.6) is 5.75 Å². The second kappa shape index (κ2) is 5.97.